The predicted molar refractivity (Wildman–Crippen MR) is 188 cm³/mol. The number of rotatable bonds is 11. The number of aryl methyl sites for hydroxylation is 3. The molecule has 0 aromatic heterocycles. The highest BCUT2D eigenvalue weighted by molar-refractivity contribution is 9.10. The molecular formula is C37H42BrN3O4S. The van der Waals surface area contributed by atoms with Crippen molar-refractivity contribution in [1.29, 1.82) is 0 Å². The number of amides is 2. The summed E-state index contributed by atoms with van der Waals surface area (Å²) in [6.07, 6.45) is 0.247. The Hall–Kier alpha value is -3.95. The number of nitrogens with zero attached hydrogens (tertiary/aromatic N) is 2. The van der Waals surface area contributed by atoms with Crippen molar-refractivity contribution in [3.8, 4) is 0 Å². The first-order valence-corrected chi connectivity index (χ1v) is 17.4. The van der Waals surface area contributed by atoms with Crippen LogP contribution in [-0.4, -0.2) is 43.3 Å². The first kappa shape index (κ1) is 34.9. The molecule has 0 radical (unpaired) electrons. The second kappa shape index (κ2) is 14.6. The highest BCUT2D eigenvalue weighted by atomic mass is 79.9. The Morgan fingerprint density at radius 3 is 1.98 bits per heavy atom. The van der Waals surface area contributed by atoms with E-state index in [0.29, 0.717) is 5.69 Å². The highest BCUT2D eigenvalue weighted by Crippen LogP contribution is 2.27. The molecule has 7 nitrogen and oxygen atoms in total. The van der Waals surface area contributed by atoms with Crippen molar-refractivity contribution in [2.24, 2.45) is 0 Å². The zero-order chi connectivity index (χ0) is 33.6. The average molecular weight is 705 g/mol. The summed E-state index contributed by atoms with van der Waals surface area (Å²) >= 11 is 3.52. The molecule has 0 aliphatic rings. The van der Waals surface area contributed by atoms with Gasteiger partial charge in [-0.25, -0.2) is 8.42 Å². The predicted octanol–water partition coefficient (Wildman–Crippen LogP) is 7.12. The van der Waals surface area contributed by atoms with Crippen LogP contribution in [0.2, 0.25) is 0 Å². The van der Waals surface area contributed by atoms with Gasteiger partial charge in [-0.05, 0) is 100 Å². The molecule has 9 heteroatoms. The summed E-state index contributed by atoms with van der Waals surface area (Å²) in [5.74, 6) is -0.821. The molecule has 0 saturated heterocycles. The summed E-state index contributed by atoms with van der Waals surface area (Å²) in [7, 11) is -4.17. The van der Waals surface area contributed by atoms with E-state index in [4.69, 9.17) is 0 Å². The Kier molecular flexibility index (Phi) is 11.1. The average Bonchev–Trinajstić information content (AvgIpc) is 2.97. The number of benzene rings is 4. The summed E-state index contributed by atoms with van der Waals surface area (Å²) in [5.41, 5.74) is 4.14. The fraction of sp³-hybridized carbons (Fsp3) is 0.297. The highest BCUT2D eigenvalue weighted by Gasteiger charge is 2.35. The number of hydrogen-bond acceptors (Lipinski definition) is 4. The van der Waals surface area contributed by atoms with Crippen LogP contribution in [0, 0.1) is 20.8 Å². The van der Waals surface area contributed by atoms with E-state index in [2.05, 4.69) is 21.2 Å². The minimum atomic E-state index is -4.17. The van der Waals surface area contributed by atoms with Crippen molar-refractivity contribution >= 4 is 43.5 Å². The molecule has 1 atom stereocenters. The molecule has 0 fully saturated rings. The largest absolute Gasteiger partial charge is 0.350 e. The monoisotopic (exact) mass is 703 g/mol. The van der Waals surface area contributed by atoms with Gasteiger partial charge in [0, 0.05) is 23.0 Å². The molecule has 0 aliphatic heterocycles. The fourth-order valence-electron chi connectivity index (χ4n) is 5.30. The van der Waals surface area contributed by atoms with Gasteiger partial charge in [0.25, 0.3) is 10.0 Å². The summed E-state index contributed by atoms with van der Waals surface area (Å²) in [6.45, 7) is 10.9. The van der Waals surface area contributed by atoms with Gasteiger partial charge >= 0.3 is 0 Å². The van der Waals surface area contributed by atoms with Gasteiger partial charge in [0.2, 0.25) is 11.8 Å². The number of carbonyl (C=O) groups is 2. The van der Waals surface area contributed by atoms with E-state index in [1.54, 1.807) is 36.4 Å². The molecule has 0 spiro atoms. The smallest absolute Gasteiger partial charge is 0.264 e. The van der Waals surface area contributed by atoms with Gasteiger partial charge in [0.05, 0.1) is 10.6 Å². The van der Waals surface area contributed by atoms with Gasteiger partial charge in [0.15, 0.2) is 0 Å². The molecule has 4 rings (SSSR count). The van der Waals surface area contributed by atoms with E-state index >= 15 is 0 Å². The Balaban J connectivity index is 1.84. The standard InChI is InChI=1S/C37H42BrN3O4S/c1-26-15-17-33(18-16-26)46(44,45)41(32-20-27(2)19-28(3)21-32)25-35(42)40(24-30-13-10-14-31(38)22-30)34(36(43)39-37(4,5)6)23-29-11-8-7-9-12-29/h7-22,34H,23-25H2,1-6H3,(H,39,43)/t34-/m1/s1. The molecule has 4 aromatic rings. The van der Waals surface area contributed by atoms with E-state index in [1.165, 1.54) is 4.90 Å². The van der Waals surface area contributed by atoms with Crippen molar-refractivity contribution in [1.82, 2.24) is 10.2 Å². The first-order valence-electron chi connectivity index (χ1n) is 15.2. The van der Waals surface area contributed by atoms with Gasteiger partial charge < -0.3 is 10.2 Å². The quantitative estimate of drug-likeness (QED) is 0.180. The lowest BCUT2D eigenvalue weighted by Gasteiger charge is -2.35. The molecule has 0 bridgehead atoms. The third-order valence-electron chi connectivity index (χ3n) is 7.39. The number of nitrogens with one attached hydrogen (secondary N) is 1. The zero-order valence-corrected chi connectivity index (χ0v) is 29.7. The van der Waals surface area contributed by atoms with E-state index < -0.39 is 34.1 Å². The molecule has 4 aromatic carbocycles. The maximum Gasteiger partial charge on any atom is 0.264 e. The maximum atomic E-state index is 14.6. The second-order valence-corrected chi connectivity index (χ2v) is 15.5. The zero-order valence-electron chi connectivity index (χ0n) is 27.2. The van der Waals surface area contributed by atoms with Crippen molar-refractivity contribution in [2.75, 3.05) is 10.8 Å². The van der Waals surface area contributed by atoms with Crippen LogP contribution in [0.3, 0.4) is 0 Å². The molecular weight excluding hydrogens is 662 g/mol. The topological polar surface area (TPSA) is 86.8 Å². The Labute approximate surface area is 281 Å². The van der Waals surface area contributed by atoms with Gasteiger partial charge in [-0.1, -0.05) is 82.2 Å². The summed E-state index contributed by atoms with van der Waals surface area (Å²) in [6, 6.07) is 28.2. The Morgan fingerprint density at radius 1 is 0.783 bits per heavy atom. The molecule has 242 valence electrons. The molecule has 0 heterocycles. The van der Waals surface area contributed by atoms with Crippen molar-refractivity contribution in [3.63, 3.8) is 0 Å². The van der Waals surface area contributed by atoms with E-state index in [0.717, 1.165) is 36.6 Å². The molecule has 0 unspecified atom stereocenters. The van der Waals surface area contributed by atoms with Crippen LogP contribution in [0.25, 0.3) is 0 Å². The minimum Gasteiger partial charge on any atom is -0.350 e. The lowest BCUT2D eigenvalue weighted by atomic mass is 10.0. The number of anilines is 1. The second-order valence-electron chi connectivity index (χ2n) is 12.8. The summed E-state index contributed by atoms with van der Waals surface area (Å²) in [5, 5.41) is 3.06. The maximum absolute atomic E-state index is 14.6. The van der Waals surface area contributed by atoms with E-state index in [-0.39, 0.29) is 23.8 Å². The first-order chi connectivity index (χ1) is 21.6. The van der Waals surface area contributed by atoms with Crippen LogP contribution in [0.1, 0.15) is 48.6 Å². The number of carbonyl (C=O) groups excluding carboxylic acids is 2. The molecule has 46 heavy (non-hydrogen) atoms. The lowest BCUT2D eigenvalue weighted by molar-refractivity contribution is -0.140. The van der Waals surface area contributed by atoms with Crippen LogP contribution in [0.5, 0.6) is 0 Å². The van der Waals surface area contributed by atoms with Crippen molar-refractivity contribution < 1.29 is 18.0 Å². The number of hydrogen-bond donors (Lipinski definition) is 1. The summed E-state index contributed by atoms with van der Waals surface area (Å²) < 4.78 is 30.6. The number of halogens is 1. The summed E-state index contributed by atoms with van der Waals surface area (Å²) in [4.78, 5) is 30.3. The van der Waals surface area contributed by atoms with Crippen molar-refractivity contribution in [3.05, 3.63) is 129 Å². The fourth-order valence-corrected chi connectivity index (χ4v) is 7.14. The molecule has 1 N–H and O–H groups in total. The van der Waals surface area contributed by atoms with Gasteiger partial charge in [0.1, 0.15) is 12.6 Å². The van der Waals surface area contributed by atoms with Gasteiger partial charge in [-0.15, -0.1) is 0 Å². The third-order valence-corrected chi connectivity index (χ3v) is 9.67. The third kappa shape index (κ3) is 9.30. The molecule has 0 saturated carbocycles. The van der Waals surface area contributed by atoms with Crippen molar-refractivity contribution in [2.45, 2.75) is 71.0 Å². The van der Waals surface area contributed by atoms with Crippen LogP contribution in [-0.2, 0) is 32.6 Å². The van der Waals surface area contributed by atoms with Crippen LogP contribution >= 0.6 is 15.9 Å². The Morgan fingerprint density at radius 2 is 1.39 bits per heavy atom. The normalized spacial score (nSPS) is 12.3. The molecule has 0 aliphatic carbocycles. The Bertz CT molecular complexity index is 1770. The SMILES string of the molecule is Cc1ccc(S(=O)(=O)N(CC(=O)N(Cc2cccc(Br)c2)[C@H](Cc2ccccc2)C(=O)NC(C)(C)C)c2cc(C)cc(C)c2)cc1. The minimum absolute atomic E-state index is 0.0786. The molecule has 2 amide bonds. The van der Waals surface area contributed by atoms with Crippen LogP contribution < -0.4 is 9.62 Å². The van der Waals surface area contributed by atoms with E-state index in [1.807, 2.05) is 102 Å². The van der Waals surface area contributed by atoms with Gasteiger partial charge in [-0.3, -0.25) is 13.9 Å². The number of sulfonamides is 1. The van der Waals surface area contributed by atoms with E-state index in [9.17, 15) is 18.0 Å². The van der Waals surface area contributed by atoms with Crippen LogP contribution in [0.4, 0.5) is 5.69 Å². The van der Waals surface area contributed by atoms with Crippen LogP contribution in [0.15, 0.2) is 106 Å². The lowest BCUT2D eigenvalue weighted by Crippen LogP contribution is -2.56. The van der Waals surface area contributed by atoms with Gasteiger partial charge in [-0.2, -0.15) is 0 Å².